The Labute approximate surface area is 198 Å². The first-order chi connectivity index (χ1) is 14.3. The molecule has 2 fully saturated rings. The Morgan fingerprint density at radius 1 is 1.23 bits per heavy atom. The van der Waals surface area contributed by atoms with Gasteiger partial charge in [0.25, 0.3) is 0 Å². The average molecular weight is 531 g/mol. The van der Waals surface area contributed by atoms with E-state index in [9.17, 15) is 0 Å². The Bertz CT molecular complexity index is 590. The molecule has 2 aliphatic heterocycles. The van der Waals surface area contributed by atoms with Crippen molar-refractivity contribution >= 4 is 29.9 Å². The third-order valence-electron chi connectivity index (χ3n) is 5.72. The van der Waals surface area contributed by atoms with Crippen LogP contribution in [0.5, 0.6) is 0 Å². The predicted octanol–water partition coefficient (Wildman–Crippen LogP) is 2.66. The first-order valence-corrected chi connectivity index (χ1v) is 11.1. The summed E-state index contributed by atoms with van der Waals surface area (Å²) >= 11 is 0. The fraction of sp³-hybridized carbons (Fsp3) is 0.727. The van der Waals surface area contributed by atoms with Crippen LogP contribution in [-0.4, -0.2) is 75.0 Å². The Kier molecular flexibility index (Phi) is 12.6. The minimum absolute atomic E-state index is 0. The molecule has 1 aromatic rings. The number of guanidine groups is 1. The molecule has 0 unspecified atom stereocenters. The van der Waals surface area contributed by atoms with Crippen molar-refractivity contribution in [1.29, 1.82) is 0 Å². The standard InChI is InChI=1S/C22H37N5O2.HI/c1-23-22(25-11-4-14-29-18-19-8-15-28-16-9-19)26-20-6-12-27(13-7-20)17-21-5-2-3-10-24-21;/h2-3,5,10,19-20H,4,6-9,11-18H2,1H3,(H2,23,25,26);1H. The van der Waals surface area contributed by atoms with Gasteiger partial charge in [-0.05, 0) is 50.2 Å². The maximum Gasteiger partial charge on any atom is 0.191 e. The fourth-order valence-corrected chi connectivity index (χ4v) is 3.89. The lowest BCUT2D eigenvalue weighted by molar-refractivity contribution is 0.0203. The van der Waals surface area contributed by atoms with Crippen LogP contribution >= 0.6 is 24.0 Å². The summed E-state index contributed by atoms with van der Waals surface area (Å²) in [6.45, 7) is 7.44. The molecule has 1 aromatic heterocycles. The average Bonchev–Trinajstić information content (AvgIpc) is 2.78. The molecule has 0 aliphatic carbocycles. The molecule has 2 N–H and O–H groups in total. The van der Waals surface area contributed by atoms with Gasteiger partial charge in [0.15, 0.2) is 5.96 Å². The van der Waals surface area contributed by atoms with E-state index in [0.717, 1.165) is 96.4 Å². The van der Waals surface area contributed by atoms with Crippen molar-refractivity contribution in [2.45, 2.75) is 44.7 Å². The highest BCUT2D eigenvalue weighted by molar-refractivity contribution is 14.0. The highest BCUT2D eigenvalue weighted by Gasteiger charge is 2.20. The summed E-state index contributed by atoms with van der Waals surface area (Å²) in [5.41, 5.74) is 1.15. The first kappa shape index (κ1) is 25.3. The molecule has 170 valence electrons. The predicted molar refractivity (Wildman–Crippen MR) is 131 cm³/mol. The van der Waals surface area contributed by atoms with E-state index < -0.39 is 0 Å². The molecule has 30 heavy (non-hydrogen) atoms. The Balaban J connectivity index is 0.00000320. The van der Waals surface area contributed by atoms with Crippen LogP contribution in [-0.2, 0) is 16.0 Å². The van der Waals surface area contributed by atoms with Gasteiger partial charge in [-0.15, -0.1) is 24.0 Å². The lowest BCUT2D eigenvalue weighted by Gasteiger charge is -2.32. The van der Waals surface area contributed by atoms with Gasteiger partial charge in [-0.2, -0.15) is 0 Å². The van der Waals surface area contributed by atoms with Crippen molar-refractivity contribution < 1.29 is 9.47 Å². The van der Waals surface area contributed by atoms with Crippen molar-refractivity contribution in [3.05, 3.63) is 30.1 Å². The van der Waals surface area contributed by atoms with E-state index in [2.05, 4.69) is 37.6 Å². The van der Waals surface area contributed by atoms with Gasteiger partial charge in [-0.25, -0.2) is 0 Å². The third-order valence-corrected chi connectivity index (χ3v) is 5.72. The van der Waals surface area contributed by atoms with Crippen LogP contribution in [0.25, 0.3) is 0 Å². The zero-order chi connectivity index (χ0) is 20.2. The summed E-state index contributed by atoms with van der Waals surface area (Å²) in [4.78, 5) is 11.3. The number of hydrogen-bond acceptors (Lipinski definition) is 5. The lowest BCUT2D eigenvalue weighted by Crippen LogP contribution is -2.48. The van der Waals surface area contributed by atoms with E-state index in [1.807, 2.05) is 19.3 Å². The van der Waals surface area contributed by atoms with E-state index in [4.69, 9.17) is 9.47 Å². The van der Waals surface area contributed by atoms with Gasteiger partial charge in [-0.1, -0.05) is 6.07 Å². The van der Waals surface area contributed by atoms with Crippen LogP contribution in [0.1, 0.15) is 37.8 Å². The topological polar surface area (TPSA) is 71.0 Å². The minimum atomic E-state index is 0. The van der Waals surface area contributed by atoms with Crippen molar-refractivity contribution in [3.63, 3.8) is 0 Å². The molecule has 0 amide bonds. The summed E-state index contributed by atoms with van der Waals surface area (Å²) in [6.07, 6.45) is 7.39. The number of piperidine rings is 1. The molecule has 3 heterocycles. The second kappa shape index (κ2) is 14.9. The highest BCUT2D eigenvalue weighted by Crippen LogP contribution is 2.15. The molecule has 2 aliphatic rings. The van der Waals surface area contributed by atoms with Gasteiger partial charge in [0.05, 0.1) is 5.69 Å². The lowest BCUT2D eigenvalue weighted by atomic mass is 10.0. The van der Waals surface area contributed by atoms with Crippen LogP contribution in [0.15, 0.2) is 29.4 Å². The molecule has 2 saturated heterocycles. The largest absolute Gasteiger partial charge is 0.381 e. The molecule has 7 nitrogen and oxygen atoms in total. The molecule has 0 aromatic carbocycles. The maximum absolute atomic E-state index is 5.83. The van der Waals surface area contributed by atoms with Gasteiger partial charge in [0.1, 0.15) is 0 Å². The Morgan fingerprint density at radius 2 is 2.03 bits per heavy atom. The van der Waals surface area contributed by atoms with Crippen LogP contribution in [0.3, 0.4) is 0 Å². The SMILES string of the molecule is CN=C(NCCCOCC1CCOCC1)NC1CCN(Cc2ccccn2)CC1.I. The molecule has 3 rings (SSSR count). The number of hydrogen-bond donors (Lipinski definition) is 2. The number of rotatable bonds is 9. The number of halogens is 1. The summed E-state index contributed by atoms with van der Waals surface area (Å²) in [6, 6.07) is 6.61. The van der Waals surface area contributed by atoms with E-state index in [-0.39, 0.29) is 24.0 Å². The van der Waals surface area contributed by atoms with Crippen LogP contribution in [0, 0.1) is 5.92 Å². The van der Waals surface area contributed by atoms with E-state index in [1.165, 1.54) is 0 Å². The Morgan fingerprint density at radius 3 is 2.73 bits per heavy atom. The molecule has 0 saturated carbocycles. The number of pyridine rings is 1. The zero-order valence-corrected chi connectivity index (χ0v) is 20.6. The molecule has 0 radical (unpaired) electrons. The van der Waals surface area contributed by atoms with E-state index >= 15 is 0 Å². The number of likely N-dealkylation sites (tertiary alicyclic amines) is 1. The number of ether oxygens (including phenoxy) is 2. The van der Waals surface area contributed by atoms with Crippen LogP contribution in [0.2, 0.25) is 0 Å². The molecular weight excluding hydrogens is 493 g/mol. The van der Waals surface area contributed by atoms with Gasteiger partial charge >= 0.3 is 0 Å². The summed E-state index contributed by atoms with van der Waals surface area (Å²) in [7, 11) is 1.84. The second-order valence-electron chi connectivity index (χ2n) is 8.00. The molecule has 8 heteroatoms. The summed E-state index contributed by atoms with van der Waals surface area (Å²) in [5.74, 6) is 1.58. The smallest absolute Gasteiger partial charge is 0.191 e. The van der Waals surface area contributed by atoms with Gasteiger partial charge in [0, 0.05) is 71.9 Å². The second-order valence-corrected chi connectivity index (χ2v) is 8.00. The number of nitrogens with one attached hydrogen (secondary N) is 2. The zero-order valence-electron chi connectivity index (χ0n) is 18.2. The molecule has 0 atom stereocenters. The molecule has 0 bridgehead atoms. The minimum Gasteiger partial charge on any atom is -0.381 e. The summed E-state index contributed by atoms with van der Waals surface area (Å²) in [5, 5.41) is 7.00. The third kappa shape index (κ3) is 9.45. The molecule has 0 spiro atoms. The fourth-order valence-electron chi connectivity index (χ4n) is 3.89. The van der Waals surface area contributed by atoms with Crippen molar-refractivity contribution in [2.24, 2.45) is 10.9 Å². The summed E-state index contributed by atoms with van der Waals surface area (Å²) < 4.78 is 11.2. The first-order valence-electron chi connectivity index (χ1n) is 11.1. The highest BCUT2D eigenvalue weighted by atomic mass is 127. The van der Waals surface area contributed by atoms with Crippen LogP contribution < -0.4 is 10.6 Å². The van der Waals surface area contributed by atoms with Gasteiger partial charge in [0.2, 0.25) is 0 Å². The number of aromatic nitrogens is 1. The Hall–Kier alpha value is -0.970. The van der Waals surface area contributed by atoms with E-state index in [1.54, 1.807) is 0 Å². The van der Waals surface area contributed by atoms with Crippen molar-refractivity contribution in [2.75, 3.05) is 53.1 Å². The maximum atomic E-state index is 5.83. The molecular formula is C22H38IN5O2. The van der Waals surface area contributed by atoms with Crippen molar-refractivity contribution in [1.82, 2.24) is 20.5 Å². The quantitative estimate of drug-likeness (QED) is 0.221. The van der Waals surface area contributed by atoms with Crippen LogP contribution in [0.4, 0.5) is 0 Å². The number of aliphatic imine (C=N–C) groups is 1. The van der Waals surface area contributed by atoms with Crippen molar-refractivity contribution in [3.8, 4) is 0 Å². The number of nitrogens with zero attached hydrogens (tertiary/aromatic N) is 3. The normalized spacial score (nSPS) is 19.3. The van der Waals surface area contributed by atoms with E-state index in [0.29, 0.717) is 12.0 Å². The monoisotopic (exact) mass is 531 g/mol. The van der Waals surface area contributed by atoms with Gasteiger partial charge in [-0.3, -0.25) is 14.9 Å². The van der Waals surface area contributed by atoms with Gasteiger partial charge < -0.3 is 20.1 Å².